The molecule has 0 spiro atoms. The summed E-state index contributed by atoms with van der Waals surface area (Å²) in [6.07, 6.45) is 0.149. The second-order valence-electron chi connectivity index (χ2n) is 7.03. The molecule has 0 saturated carbocycles. The molecule has 0 radical (unpaired) electrons. The highest BCUT2D eigenvalue weighted by atomic mass is 19.1. The topological polar surface area (TPSA) is 67.2 Å². The van der Waals surface area contributed by atoms with Gasteiger partial charge in [0.25, 0.3) is 5.91 Å². The second kappa shape index (κ2) is 8.26. The molecule has 7 heteroatoms. The Kier molecular flexibility index (Phi) is 5.37. The fourth-order valence-electron chi connectivity index (χ4n) is 3.39. The largest absolute Gasteiger partial charge is 0.347 e. The summed E-state index contributed by atoms with van der Waals surface area (Å²) in [6, 6.07) is 17.5. The predicted octanol–water partition coefficient (Wildman–Crippen LogP) is 2.54. The van der Waals surface area contributed by atoms with Gasteiger partial charge in [0, 0.05) is 13.1 Å². The smallest absolute Gasteiger partial charge is 0.272 e. The second-order valence-corrected chi connectivity index (χ2v) is 7.03. The lowest BCUT2D eigenvalue weighted by atomic mass is 10.1. The summed E-state index contributed by atoms with van der Waals surface area (Å²) in [6.45, 7) is 1.84. The fraction of sp³-hybridized carbons (Fsp3) is 0.227. The van der Waals surface area contributed by atoms with Gasteiger partial charge in [-0.1, -0.05) is 42.5 Å². The molecule has 1 aromatic heterocycles. The minimum atomic E-state index is -0.349. The van der Waals surface area contributed by atoms with Crippen molar-refractivity contribution in [2.45, 2.75) is 26.1 Å². The van der Waals surface area contributed by atoms with Crippen LogP contribution in [0.3, 0.4) is 0 Å². The lowest BCUT2D eigenvalue weighted by molar-refractivity contribution is -0.132. The molecule has 0 bridgehead atoms. The van der Waals surface area contributed by atoms with Crippen LogP contribution in [0.4, 0.5) is 4.39 Å². The van der Waals surface area contributed by atoms with Crippen LogP contribution in [0, 0.1) is 5.82 Å². The molecule has 4 rings (SSSR count). The Bertz CT molecular complexity index is 1030. The van der Waals surface area contributed by atoms with Gasteiger partial charge in [-0.25, -0.2) is 4.39 Å². The van der Waals surface area contributed by atoms with Crippen molar-refractivity contribution in [1.82, 2.24) is 20.0 Å². The van der Waals surface area contributed by atoms with Crippen molar-refractivity contribution in [3.05, 3.63) is 89.0 Å². The number of halogens is 1. The van der Waals surface area contributed by atoms with Crippen molar-refractivity contribution in [2.75, 3.05) is 6.54 Å². The van der Waals surface area contributed by atoms with E-state index in [1.54, 1.807) is 27.8 Å². The SMILES string of the molecule is O=C(NCc1ccccc1)c1cc2n(n1)CCN(C(=O)Cc1cccc(F)c1)C2. The molecular formula is C22H21FN4O2. The first kappa shape index (κ1) is 18.9. The highest BCUT2D eigenvalue weighted by molar-refractivity contribution is 5.92. The standard InChI is InChI=1S/C22H21FN4O2/c23-18-8-4-7-17(11-18)12-21(28)26-9-10-27-19(15-26)13-20(25-27)22(29)24-14-16-5-2-1-3-6-16/h1-8,11,13H,9-10,12,14-15H2,(H,24,29). The quantitative estimate of drug-likeness (QED) is 0.726. The Morgan fingerprint density at radius 1 is 1.00 bits per heavy atom. The number of carbonyl (C=O) groups excluding carboxylic acids is 2. The zero-order valence-electron chi connectivity index (χ0n) is 15.8. The number of fused-ring (bicyclic) bond motifs is 1. The Morgan fingerprint density at radius 3 is 2.59 bits per heavy atom. The molecular weight excluding hydrogens is 371 g/mol. The minimum absolute atomic E-state index is 0.0712. The number of aromatic nitrogens is 2. The molecule has 148 valence electrons. The van der Waals surface area contributed by atoms with Crippen molar-refractivity contribution < 1.29 is 14.0 Å². The van der Waals surface area contributed by atoms with Crippen LogP contribution in [0.25, 0.3) is 0 Å². The van der Waals surface area contributed by atoms with Gasteiger partial charge in [0.2, 0.25) is 5.91 Å². The molecule has 1 aliphatic rings. The molecule has 6 nitrogen and oxygen atoms in total. The number of nitrogens with one attached hydrogen (secondary N) is 1. The maximum atomic E-state index is 13.3. The molecule has 1 aliphatic heterocycles. The van der Waals surface area contributed by atoms with E-state index in [9.17, 15) is 14.0 Å². The fourth-order valence-corrected chi connectivity index (χ4v) is 3.39. The van der Waals surface area contributed by atoms with Crippen molar-refractivity contribution in [1.29, 1.82) is 0 Å². The van der Waals surface area contributed by atoms with Crippen LogP contribution in [-0.2, 0) is 30.8 Å². The summed E-state index contributed by atoms with van der Waals surface area (Å²) in [5.41, 5.74) is 2.82. The van der Waals surface area contributed by atoms with Gasteiger partial charge in [0.15, 0.2) is 5.69 Å². The van der Waals surface area contributed by atoms with Crippen LogP contribution in [0.1, 0.15) is 27.3 Å². The molecule has 29 heavy (non-hydrogen) atoms. The average molecular weight is 392 g/mol. The Balaban J connectivity index is 1.38. The molecule has 0 fully saturated rings. The van der Waals surface area contributed by atoms with Gasteiger partial charge in [0.1, 0.15) is 5.82 Å². The molecule has 0 saturated heterocycles. The number of hydrogen-bond acceptors (Lipinski definition) is 3. The van der Waals surface area contributed by atoms with Crippen molar-refractivity contribution in [2.24, 2.45) is 0 Å². The van der Waals surface area contributed by atoms with Gasteiger partial charge in [-0.15, -0.1) is 0 Å². The number of nitrogens with zero attached hydrogens (tertiary/aromatic N) is 3. The summed E-state index contributed by atoms with van der Waals surface area (Å²) >= 11 is 0. The summed E-state index contributed by atoms with van der Waals surface area (Å²) < 4.78 is 15.1. The van der Waals surface area contributed by atoms with E-state index >= 15 is 0 Å². The van der Waals surface area contributed by atoms with Gasteiger partial charge >= 0.3 is 0 Å². The molecule has 2 heterocycles. The Hall–Kier alpha value is -3.48. The van der Waals surface area contributed by atoms with Crippen molar-refractivity contribution >= 4 is 11.8 Å². The number of hydrogen-bond donors (Lipinski definition) is 1. The van der Waals surface area contributed by atoms with E-state index in [-0.39, 0.29) is 24.1 Å². The van der Waals surface area contributed by atoms with Crippen molar-refractivity contribution in [3.8, 4) is 0 Å². The van der Waals surface area contributed by atoms with Gasteiger partial charge in [-0.2, -0.15) is 5.10 Å². The highest BCUT2D eigenvalue weighted by Crippen LogP contribution is 2.16. The number of benzene rings is 2. The average Bonchev–Trinajstić information content (AvgIpc) is 3.16. The predicted molar refractivity (Wildman–Crippen MR) is 105 cm³/mol. The van der Waals surface area contributed by atoms with Gasteiger partial charge in [-0.3, -0.25) is 14.3 Å². The Morgan fingerprint density at radius 2 is 1.79 bits per heavy atom. The molecule has 2 amide bonds. The number of rotatable bonds is 5. The molecule has 1 N–H and O–H groups in total. The van der Waals surface area contributed by atoms with E-state index in [0.717, 1.165) is 11.3 Å². The first-order chi connectivity index (χ1) is 14.1. The van der Waals surface area contributed by atoms with Crippen LogP contribution in [-0.4, -0.2) is 33.0 Å². The summed E-state index contributed by atoms with van der Waals surface area (Å²) in [4.78, 5) is 26.7. The first-order valence-electron chi connectivity index (χ1n) is 9.49. The van der Waals surface area contributed by atoms with Gasteiger partial charge < -0.3 is 10.2 Å². The van der Waals surface area contributed by atoms with Gasteiger partial charge in [-0.05, 0) is 29.3 Å². The van der Waals surface area contributed by atoms with E-state index in [4.69, 9.17) is 0 Å². The van der Waals surface area contributed by atoms with E-state index in [2.05, 4.69) is 10.4 Å². The highest BCUT2D eigenvalue weighted by Gasteiger charge is 2.24. The van der Waals surface area contributed by atoms with E-state index < -0.39 is 0 Å². The Labute approximate surface area is 167 Å². The van der Waals surface area contributed by atoms with Gasteiger partial charge in [0.05, 0.1) is 25.2 Å². The molecule has 2 aromatic carbocycles. The maximum absolute atomic E-state index is 13.3. The number of amides is 2. The molecule has 0 unspecified atom stereocenters. The summed E-state index contributed by atoms with van der Waals surface area (Å²) in [5, 5.41) is 7.23. The third-order valence-electron chi connectivity index (χ3n) is 4.92. The molecule has 0 aliphatic carbocycles. The molecule has 3 aromatic rings. The first-order valence-corrected chi connectivity index (χ1v) is 9.49. The third-order valence-corrected chi connectivity index (χ3v) is 4.92. The monoisotopic (exact) mass is 392 g/mol. The maximum Gasteiger partial charge on any atom is 0.272 e. The van der Waals surface area contributed by atoms with E-state index in [1.165, 1.54) is 12.1 Å². The van der Waals surface area contributed by atoms with E-state index in [1.807, 2.05) is 30.3 Å². The van der Waals surface area contributed by atoms with Crippen LogP contribution in [0.5, 0.6) is 0 Å². The van der Waals surface area contributed by atoms with Crippen LogP contribution in [0.2, 0.25) is 0 Å². The lowest BCUT2D eigenvalue weighted by Gasteiger charge is -2.27. The van der Waals surface area contributed by atoms with Crippen LogP contribution in [0.15, 0.2) is 60.7 Å². The number of carbonyl (C=O) groups is 2. The van der Waals surface area contributed by atoms with Crippen LogP contribution < -0.4 is 5.32 Å². The molecule has 0 atom stereocenters. The lowest BCUT2D eigenvalue weighted by Crippen LogP contribution is -2.39. The summed E-state index contributed by atoms with van der Waals surface area (Å²) in [5.74, 6) is -0.662. The zero-order chi connectivity index (χ0) is 20.2. The van der Waals surface area contributed by atoms with E-state index in [0.29, 0.717) is 37.4 Å². The summed E-state index contributed by atoms with van der Waals surface area (Å²) in [7, 11) is 0. The zero-order valence-corrected chi connectivity index (χ0v) is 15.8. The normalized spacial score (nSPS) is 13.1. The third kappa shape index (κ3) is 4.51. The van der Waals surface area contributed by atoms with Crippen LogP contribution >= 0.6 is 0 Å². The minimum Gasteiger partial charge on any atom is -0.347 e. The van der Waals surface area contributed by atoms with Crippen molar-refractivity contribution in [3.63, 3.8) is 0 Å².